The average Bonchev–Trinajstić information content (AvgIpc) is 2.14. The van der Waals surface area contributed by atoms with Gasteiger partial charge in [-0.2, -0.15) is 0 Å². The predicted octanol–water partition coefficient (Wildman–Crippen LogP) is 3.96. The first-order valence-corrected chi connectivity index (χ1v) is 6.01. The van der Waals surface area contributed by atoms with Crippen molar-refractivity contribution in [2.24, 2.45) is 0 Å². The van der Waals surface area contributed by atoms with Crippen LogP contribution in [-0.2, 0) is 0 Å². The monoisotopic (exact) mass is 260 g/mol. The Bertz CT molecular complexity index is 276. The van der Waals surface area contributed by atoms with Crippen LogP contribution in [0.3, 0.4) is 0 Å². The fraction of sp³-hybridized carbons (Fsp3) is 0.400. The van der Waals surface area contributed by atoms with E-state index in [2.05, 4.69) is 35.0 Å². The molecular formula is C10H13BrOS. The number of thioether (sulfide) groups is 1. The Kier molecular flexibility index (Phi) is 4.67. The predicted molar refractivity (Wildman–Crippen MR) is 61.7 cm³/mol. The molecule has 0 radical (unpaired) electrons. The van der Waals surface area contributed by atoms with Crippen molar-refractivity contribution >= 4 is 27.7 Å². The SMILES string of the molecule is CCCSc1cc(Br)cc(OC)c1. The highest BCUT2D eigenvalue weighted by atomic mass is 79.9. The molecule has 0 aliphatic rings. The minimum absolute atomic E-state index is 0.910. The summed E-state index contributed by atoms with van der Waals surface area (Å²) in [6, 6.07) is 6.14. The maximum absolute atomic E-state index is 5.17. The summed E-state index contributed by atoms with van der Waals surface area (Å²) >= 11 is 5.31. The van der Waals surface area contributed by atoms with E-state index < -0.39 is 0 Å². The smallest absolute Gasteiger partial charge is 0.121 e. The van der Waals surface area contributed by atoms with E-state index in [-0.39, 0.29) is 0 Å². The average molecular weight is 261 g/mol. The Labute approximate surface area is 92.0 Å². The molecule has 0 amide bonds. The number of halogens is 1. The van der Waals surface area contributed by atoms with Crippen LogP contribution >= 0.6 is 27.7 Å². The van der Waals surface area contributed by atoms with Gasteiger partial charge in [-0.1, -0.05) is 22.9 Å². The van der Waals surface area contributed by atoms with Crippen LogP contribution in [0.15, 0.2) is 27.6 Å². The summed E-state index contributed by atoms with van der Waals surface area (Å²) in [4.78, 5) is 1.26. The lowest BCUT2D eigenvalue weighted by molar-refractivity contribution is 0.413. The Morgan fingerprint density at radius 3 is 2.77 bits per heavy atom. The van der Waals surface area contributed by atoms with Gasteiger partial charge in [0.1, 0.15) is 5.75 Å². The van der Waals surface area contributed by atoms with Gasteiger partial charge in [0.05, 0.1) is 7.11 Å². The lowest BCUT2D eigenvalue weighted by Gasteiger charge is -2.04. The molecule has 0 fully saturated rings. The van der Waals surface area contributed by atoms with Gasteiger partial charge in [-0.25, -0.2) is 0 Å². The third kappa shape index (κ3) is 3.61. The zero-order chi connectivity index (χ0) is 9.68. The molecular weight excluding hydrogens is 248 g/mol. The van der Waals surface area contributed by atoms with Gasteiger partial charge in [-0.15, -0.1) is 11.8 Å². The molecule has 0 heterocycles. The summed E-state index contributed by atoms with van der Waals surface area (Å²) in [6.07, 6.45) is 1.19. The maximum atomic E-state index is 5.17. The Morgan fingerprint density at radius 2 is 2.15 bits per heavy atom. The normalized spacial score (nSPS) is 10.1. The van der Waals surface area contributed by atoms with Crippen molar-refractivity contribution in [2.75, 3.05) is 12.9 Å². The van der Waals surface area contributed by atoms with Crippen molar-refractivity contribution in [1.82, 2.24) is 0 Å². The largest absolute Gasteiger partial charge is 0.497 e. The molecule has 1 aromatic rings. The molecule has 0 N–H and O–H groups in total. The maximum Gasteiger partial charge on any atom is 0.121 e. The van der Waals surface area contributed by atoms with Gasteiger partial charge >= 0.3 is 0 Å². The topological polar surface area (TPSA) is 9.23 Å². The Hall–Kier alpha value is -0.150. The van der Waals surface area contributed by atoms with Crippen molar-refractivity contribution in [3.63, 3.8) is 0 Å². The van der Waals surface area contributed by atoms with E-state index in [1.54, 1.807) is 7.11 Å². The first-order valence-electron chi connectivity index (χ1n) is 4.23. The van der Waals surface area contributed by atoms with Crippen LogP contribution in [0.5, 0.6) is 5.75 Å². The van der Waals surface area contributed by atoms with Gasteiger partial charge in [0.15, 0.2) is 0 Å². The summed E-state index contributed by atoms with van der Waals surface area (Å²) in [5.74, 6) is 2.06. The Balaban J connectivity index is 2.76. The number of benzene rings is 1. The molecule has 0 spiro atoms. The minimum atomic E-state index is 0.910. The quantitative estimate of drug-likeness (QED) is 0.759. The highest BCUT2D eigenvalue weighted by Crippen LogP contribution is 2.28. The van der Waals surface area contributed by atoms with Gasteiger partial charge in [0.2, 0.25) is 0 Å². The van der Waals surface area contributed by atoms with Crippen molar-refractivity contribution < 1.29 is 4.74 Å². The summed E-state index contributed by atoms with van der Waals surface area (Å²) in [6.45, 7) is 2.18. The van der Waals surface area contributed by atoms with E-state index in [9.17, 15) is 0 Å². The molecule has 0 unspecified atom stereocenters. The van der Waals surface area contributed by atoms with Gasteiger partial charge < -0.3 is 4.74 Å². The number of hydrogen-bond donors (Lipinski definition) is 0. The van der Waals surface area contributed by atoms with E-state index >= 15 is 0 Å². The first kappa shape index (κ1) is 10.9. The summed E-state index contributed by atoms with van der Waals surface area (Å²) in [7, 11) is 1.69. The number of rotatable bonds is 4. The van der Waals surface area contributed by atoms with E-state index in [0.29, 0.717) is 0 Å². The van der Waals surface area contributed by atoms with E-state index in [0.717, 1.165) is 16.0 Å². The second-order valence-electron chi connectivity index (χ2n) is 2.68. The van der Waals surface area contributed by atoms with Gasteiger partial charge in [-0.3, -0.25) is 0 Å². The van der Waals surface area contributed by atoms with E-state index in [1.165, 1.54) is 11.3 Å². The van der Waals surface area contributed by atoms with E-state index in [4.69, 9.17) is 4.74 Å². The second-order valence-corrected chi connectivity index (χ2v) is 4.76. The fourth-order valence-electron chi connectivity index (χ4n) is 0.958. The summed E-state index contributed by atoms with van der Waals surface area (Å²) in [5.41, 5.74) is 0. The molecule has 0 aromatic heterocycles. The van der Waals surface area contributed by atoms with Gasteiger partial charge in [-0.05, 0) is 30.4 Å². The van der Waals surface area contributed by atoms with Crippen LogP contribution in [0.1, 0.15) is 13.3 Å². The molecule has 0 saturated heterocycles. The van der Waals surface area contributed by atoms with Crippen LogP contribution < -0.4 is 4.74 Å². The molecule has 1 nitrogen and oxygen atoms in total. The lowest BCUT2D eigenvalue weighted by atomic mass is 10.3. The molecule has 0 bridgehead atoms. The second kappa shape index (κ2) is 5.55. The van der Waals surface area contributed by atoms with Crippen LogP contribution in [0.4, 0.5) is 0 Å². The van der Waals surface area contributed by atoms with Crippen molar-refractivity contribution in [1.29, 1.82) is 0 Å². The van der Waals surface area contributed by atoms with Crippen LogP contribution in [-0.4, -0.2) is 12.9 Å². The highest BCUT2D eigenvalue weighted by molar-refractivity contribution is 9.10. The molecule has 13 heavy (non-hydrogen) atoms. The number of hydrogen-bond acceptors (Lipinski definition) is 2. The van der Waals surface area contributed by atoms with Crippen molar-refractivity contribution in [3.05, 3.63) is 22.7 Å². The van der Waals surface area contributed by atoms with Crippen molar-refractivity contribution in [3.8, 4) is 5.75 Å². The molecule has 0 aliphatic heterocycles. The Morgan fingerprint density at radius 1 is 1.38 bits per heavy atom. The van der Waals surface area contributed by atoms with E-state index in [1.807, 2.05) is 17.8 Å². The molecule has 0 saturated carbocycles. The van der Waals surface area contributed by atoms with Gasteiger partial charge in [0, 0.05) is 9.37 Å². The molecule has 0 atom stereocenters. The third-order valence-corrected chi connectivity index (χ3v) is 3.19. The minimum Gasteiger partial charge on any atom is -0.497 e. The summed E-state index contributed by atoms with van der Waals surface area (Å²) in [5, 5.41) is 0. The fourth-order valence-corrected chi connectivity index (χ4v) is 2.43. The number of ether oxygens (including phenoxy) is 1. The highest BCUT2D eigenvalue weighted by Gasteiger charge is 1.99. The zero-order valence-corrected chi connectivity index (χ0v) is 10.2. The molecule has 1 aromatic carbocycles. The van der Waals surface area contributed by atoms with Crippen molar-refractivity contribution in [2.45, 2.75) is 18.2 Å². The van der Waals surface area contributed by atoms with Gasteiger partial charge in [0.25, 0.3) is 0 Å². The number of methoxy groups -OCH3 is 1. The van der Waals surface area contributed by atoms with Crippen LogP contribution in [0.2, 0.25) is 0 Å². The standard InChI is InChI=1S/C10H13BrOS/c1-3-4-13-10-6-8(11)5-9(7-10)12-2/h5-7H,3-4H2,1-2H3. The molecule has 0 aliphatic carbocycles. The first-order chi connectivity index (χ1) is 6.26. The van der Waals surface area contributed by atoms with Crippen LogP contribution in [0.25, 0.3) is 0 Å². The van der Waals surface area contributed by atoms with Crippen LogP contribution in [0, 0.1) is 0 Å². The molecule has 3 heteroatoms. The zero-order valence-electron chi connectivity index (χ0n) is 7.84. The summed E-state index contributed by atoms with van der Waals surface area (Å²) < 4.78 is 6.25. The lowest BCUT2D eigenvalue weighted by Crippen LogP contribution is -1.84. The molecule has 72 valence electrons. The molecule has 1 rings (SSSR count). The third-order valence-electron chi connectivity index (χ3n) is 1.55.